The summed E-state index contributed by atoms with van der Waals surface area (Å²) in [6.45, 7) is 7.44. The van der Waals surface area contributed by atoms with Gasteiger partial charge >= 0.3 is 0 Å². The fourth-order valence-electron chi connectivity index (χ4n) is 2.61. The number of nitrogens with one attached hydrogen (secondary N) is 1. The predicted molar refractivity (Wildman–Crippen MR) is 108 cm³/mol. The van der Waals surface area contributed by atoms with Crippen LogP contribution >= 0.6 is 0 Å². The van der Waals surface area contributed by atoms with Gasteiger partial charge in [-0.2, -0.15) is 0 Å². The van der Waals surface area contributed by atoms with Gasteiger partial charge in [-0.15, -0.1) is 0 Å². The summed E-state index contributed by atoms with van der Waals surface area (Å²) < 4.78 is 0. The second kappa shape index (κ2) is 8.94. The quantitative estimate of drug-likeness (QED) is 0.619. The minimum absolute atomic E-state index is 0.0367. The number of anilines is 2. The topological polar surface area (TPSA) is 66.5 Å². The highest BCUT2D eigenvalue weighted by molar-refractivity contribution is 6.10. The van der Waals surface area contributed by atoms with Gasteiger partial charge in [-0.3, -0.25) is 14.4 Å². The van der Waals surface area contributed by atoms with Gasteiger partial charge in [0.15, 0.2) is 5.78 Å². The molecular weight excluding hydrogens is 340 g/mol. The van der Waals surface area contributed by atoms with E-state index in [2.05, 4.69) is 5.32 Å². The van der Waals surface area contributed by atoms with E-state index in [1.807, 2.05) is 38.1 Å². The Morgan fingerprint density at radius 3 is 2.26 bits per heavy atom. The van der Waals surface area contributed by atoms with Crippen LogP contribution in [0.4, 0.5) is 11.4 Å². The van der Waals surface area contributed by atoms with Gasteiger partial charge in [-0.25, -0.2) is 0 Å². The molecule has 0 saturated carbocycles. The molecule has 5 nitrogen and oxygen atoms in total. The normalized spacial score (nSPS) is 11.0. The third kappa shape index (κ3) is 5.38. The van der Waals surface area contributed by atoms with E-state index in [1.165, 1.54) is 13.0 Å². The van der Waals surface area contributed by atoms with E-state index < -0.39 is 0 Å². The van der Waals surface area contributed by atoms with Crippen LogP contribution in [0.5, 0.6) is 0 Å². The Labute approximate surface area is 159 Å². The zero-order valence-electron chi connectivity index (χ0n) is 16.1. The minimum atomic E-state index is -0.362. The van der Waals surface area contributed by atoms with Crippen molar-refractivity contribution in [1.82, 2.24) is 0 Å². The van der Waals surface area contributed by atoms with Gasteiger partial charge in [0.1, 0.15) is 0 Å². The van der Waals surface area contributed by atoms with E-state index in [9.17, 15) is 14.4 Å². The minimum Gasteiger partial charge on any atom is -0.322 e. The van der Waals surface area contributed by atoms with Crippen molar-refractivity contribution < 1.29 is 14.4 Å². The molecule has 0 aromatic heterocycles. The van der Waals surface area contributed by atoms with Gasteiger partial charge in [-0.1, -0.05) is 12.1 Å². The van der Waals surface area contributed by atoms with E-state index in [-0.39, 0.29) is 17.6 Å². The van der Waals surface area contributed by atoms with Crippen LogP contribution in [0, 0.1) is 6.92 Å². The van der Waals surface area contributed by atoms with Crippen molar-refractivity contribution in [3.8, 4) is 0 Å². The summed E-state index contributed by atoms with van der Waals surface area (Å²) in [4.78, 5) is 37.9. The summed E-state index contributed by atoms with van der Waals surface area (Å²) in [5.41, 5.74) is 3.31. The number of carbonyl (C=O) groups is 3. The molecule has 0 unspecified atom stereocenters. The summed E-state index contributed by atoms with van der Waals surface area (Å²) >= 11 is 0. The first-order valence-corrected chi connectivity index (χ1v) is 8.80. The maximum atomic E-state index is 12.6. The molecule has 1 N–H and O–H groups in total. The van der Waals surface area contributed by atoms with Crippen LogP contribution in [0.1, 0.15) is 36.7 Å². The number of likely N-dealkylation sites (N-methyl/N-ethyl adjacent to an activating group) is 1. The van der Waals surface area contributed by atoms with Crippen molar-refractivity contribution in [3.05, 3.63) is 71.3 Å². The highest BCUT2D eigenvalue weighted by Crippen LogP contribution is 2.17. The average Bonchev–Trinajstić information content (AvgIpc) is 2.62. The molecule has 0 fully saturated rings. The average molecular weight is 364 g/mol. The largest absolute Gasteiger partial charge is 0.322 e. The van der Waals surface area contributed by atoms with Crippen molar-refractivity contribution in [2.45, 2.75) is 27.7 Å². The number of hydrogen-bond acceptors (Lipinski definition) is 3. The third-order valence-electron chi connectivity index (χ3n) is 4.14. The smallest absolute Gasteiger partial charge is 0.251 e. The fraction of sp³-hybridized carbons (Fsp3) is 0.227. The van der Waals surface area contributed by atoms with Crippen LogP contribution in [0.2, 0.25) is 0 Å². The number of nitrogens with zero attached hydrogens (tertiary/aromatic N) is 1. The van der Waals surface area contributed by atoms with Crippen LogP contribution in [-0.2, 0) is 9.59 Å². The molecule has 140 valence electrons. The number of aryl methyl sites for hydroxylation is 1. The highest BCUT2D eigenvalue weighted by Gasteiger charge is 2.14. The molecule has 5 heteroatoms. The lowest BCUT2D eigenvalue weighted by Crippen LogP contribution is -2.29. The van der Waals surface area contributed by atoms with Crippen LogP contribution in [0.15, 0.2) is 60.2 Å². The Morgan fingerprint density at radius 2 is 1.70 bits per heavy atom. The first-order chi connectivity index (χ1) is 12.8. The van der Waals surface area contributed by atoms with Crippen LogP contribution in [-0.4, -0.2) is 24.1 Å². The number of carbonyl (C=O) groups excluding carboxylic acids is 3. The number of Topliss-reactive ketones (excluding diaryl/α,β-unsaturated/α-hetero) is 1. The lowest BCUT2D eigenvalue weighted by Gasteiger charge is -2.20. The zero-order valence-corrected chi connectivity index (χ0v) is 16.1. The lowest BCUT2D eigenvalue weighted by atomic mass is 10.1. The zero-order chi connectivity index (χ0) is 20.0. The molecule has 2 rings (SSSR count). The Morgan fingerprint density at radius 1 is 1.04 bits per heavy atom. The first-order valence-electron chi connectivity index (χ1n) is 8.80. The molecule has 0 bridgehead atoms. The standard InChI is InChI=1S/C22H24N2O3/c1-5-24(20-8-6-7-15(2)13-20)21(26)14-16(3)22(27)23-19-11-9-18(10-12-19)17(4)25/h6-14H,5H2,1-4H3,(H,23,27)/b16-14-. The van der Waals surface area contributed by atoms with E-state index >= 15 is 0 Å². The van der Waals surface area contributed by atoms with Crippen molar-refractivity contribution in [2.24, 2.45) is 0 Å². The Balaban J connectivity index is 2.10. The van der Waals surface area contributed by atoms with Crippen molar-refractivity contribution in [1.29, 1.82) is 0 Å². The Bertz CT molecular complexity index is 883. The number of hydrogen-bond donors (Lipinski definition) is 1. The molecule has 0 saturated heterocycles. The van der Waals surface area contributed by atoms with Crippen molar-refractivity contribution in [2.75, 3.05) is 16.8 Å². The van der Waals surface area contributed by atoms with E-state index in [1.54, 1.807) is 36.1 Å². The molecule has 0 atom stereocenters. The second-order valence-electron chi connectivity index (χ2n) is 6.34. The Kier molecular flexibility index (Phi) is 6.66. The van der Waals surface area contributed by atoms with E-state index in [0.717, 1.165) is 11.3 Å². The van der Waals surface area contributed by atoms with Crippen molar-refractivity contribution in [3.63, 3.8) is 0 Å². The second-order valence-corrected chi connectivity index (χ2v) is 6.34. The molecular formula is C22H24N2O3. The molecule has 0 heterocycles. The van der Waals surface area contributed by atoms with Crippen LogP contribution < -0.4 is 10.2 Å². The number of amides is 2. The summed E-state index contributed by atoms with van der Waals surface area (Å²) in [6.07, 6.45) is 1.34. The molecule has 2 aromatic carbocycles. The summed E-state index contributed by atoms with van der Waals surface area (Å²) in [5.74, 6) is -0.646. The Hall–Kier alpha value is -3.21. The van der Waals surface area contributed by atoms with E-state index in [0.29, 0.717) is 23.4 Å². The van der Waals surface area contributed by atoms with Gasteiger partial charge in [0, 0.05) is 35.1 Å². The lowest BCUT2D eigenvalue weighted by molar-refractivity contribution is -0.115. The molecule has 0 aliphatic heterocycles. The molecule has 0 radical (unpaired) electrons. The van der Waals surface area contributed by atoms with Gasteiger partial charge < -0.3 is 10.2 Å². The monoisotopic (exact) mass is 364 g/mol. The van der Waals surface area contributed by atoms with E-state index in [4.69, 9.17) is 0 Å². The van der Waals surface area contributed by atoms with Crippen molar-refractivity contribution >= 4 is 29.0 Å². The predicted octanol–water partition coefficient (Wildman–Crippen LogP) is 4.14. The number of benzene rings is 2. The molecule has 2 aromatic rings. The fourth-order valence-corrected chi connectivity index (χ4v) is 2.61. The van der Waals surface area contributed by atoms with Gasteiger partial charge in [0.25, 0.3) is 11.8 Å². The molecule has 0 spiro atoms. The SMILES string of the molecule is CCN(C(=O)/C=C(/C)C(=O)Nc1ccc(C(C)=O)cc1)c1cccc(C)c1. The number of ketones is 1. The first kappa shape index (κ1) is 20.1. The third-order valence-corrected chi connectivity index (χ3v) is 4.14. The summed E-state index contributed by atoms with van der Waals surface area (Å²) in [6, 6.07) is 14.3. The molecule has 27 heavy (non-hydrogen) atoms. The molecule has 2 amide bonds. The van der Waals surface area contributed by atoms with Crippen LogP contribution in [0.3, 0.4) is 0 Å². The summed E-state index contributed by atoms with van der Waals surface area (Å²) in [7, 11) is 0. The molecule has 0 aliphatic carbocycles. The van der Waals surface area contributed by atoms with Gasteiger partial charge in [0.2, 0.25) is 0 Å². The maximum absolute atomic E-state index is 12.6. The van der Waals surface area contributed by atoms with Gasteiger partial charge in [-0.05, 0) is 69.7 Å². The summed E-state index contributed by atoms with van der Waals surface area (Å²) in [5, 5.41) is 2.73. The maximum Gasteiger partial charge on any atom is 0.251 e. The molecule has 0 aliphatic rings. The number of rotatable bonds is 6. The highest BCUT2D eigenvalue weighted by atomic mass is 16.2. The van der Waals surface area contributed by atoms with Crippen LogP contribution in [0.25, 0.3) is 0 Å². The van der Waals surface area contributed by atoms with Gasteiger partial charge in [0.05, 0.1) is 0 Å².